The number of methoxy groups -OCH3 is 1. The fraction of sp³-hybridized carbons (Fsp3) is 0.211. The molecule has 0 saturated carbocycles. The molecule has 2 aromatic carbocycles. The van der Waals surface area contributed by atoms with Crippen molar-refractivity contribution in [3.05, 3.63) is 60.2 Å². The number of hydrogen-bond acceptors (Lipinski definition) is 5. The van der Waals surface area contributed by atoms with Crippen molar-refractivity contribution in [2.24, 2.45) is 0 Å². The first-order valence-corrected chi connectivity index (χ1v) is 10.2. The van der Waals surface area contributed by atoms with Gasteiger partial charge in [-0.3, -0.25) is 14.8 Å². The minimum atomic E-state index is -4.61. The maximum atomic E-state index is 12.9. The van der Waals surface area contributed by atoms with E-state index in [1.165, 1.54) is 31.4 Å². The molecule has 30 heavy (non-hydrogen) atoms. The van der Waals surface area contributed by atoms with Crippen molar-refractivity contribution in [3.63, 3.8) is 0 Å². The van der Waals surface area contributed by atoms with E-state index in [1.807, 2.05) is 0 Å². The topological polar surface area (TPSA) is 96.5 Å². The number of sulfonamides is 1. The van der Waals surface area contributed by atoms with Crippen LogP contribution in [0, 0.1) is 0 Å². The van der Waals surface area contributed by atoms with Crippen LogP contribution < -0.4 is 20.1 Å². The van der Waals surface area contributed by atoms with Gasteiger partial charge in [-0.15, -0.1) is 0 Å². The molecule has 0 unspecified atom stereocenters. The van der Waals surface area contributed by atoms with Gasteiger partial charge in [-0.25, -0.2) is 8.42 Å². The number of benzene rings is 2. The van der Waals surface area contributed by atoms with Gasteiger partial charge >= 0.3 is 6.18 Å². The Labute approximate surface area is 171 Å². The predicted octanol–water partition coefficient (Wildman–Crippen LogP) is 2.98. The molecule has 1 atom stereocenters. The Hall–Kier alpha value is -3.05. The number of halogens is 3. The zero-order chi connectivity index (χ0) is 21.9. The smallest absolute Gasteiger partial charge is 0.416 e. The summed E-state index contributed by atoms with van der Waals surface area (Å²) in [6, 6.07) is 7.21. The van der Waals surface area contributed by atoms with Gasteiger partial charge in [-0.2, -0.15) is 13.2 Å². The summed E-state index contributed by atoms with van der Waals surface area (Å²) in [6.45, 7) is 0.569. The van der Waals surface area contributed by atoms with Crippen LogP contribution in [0.1, 0.15) is 5.56 Å². The molecule has 1 aliphatic heterocycles. The largest absolute Gasteiger partial charge is 0.495 e. The summed E-state index contributed by atoms with van der Waals surface area (Å²) >= 11 is 0. The lowest BCUT2D eigenvalue weighted by atomic mass is 10.2. The van der Waals surface area contributed by atoms with Gasteiger partial charge in [0.05, 0.1) is 12.7 Å². The van der Waals surface area contributed by atoms with Crippen LogP contribution in [-0.4, -0.2) is 34.0 Å². The normalized spacial score (nSPS) is 16.3. The molecule has 1 heterocycles. The van der Waals surface area contributed by atoms with Gasteiger partial charge in [0, 0.05) is 24.0 Å². The second kappa shape index (κ2) is 8.36. The summed E-state index contributed by atoms with van der Waals surface area (Å²) in [5.41, 5.74) is -0.928. The van der Waals surface area contributed by atoms with E-state index in [9.17, 15) is 26.4 Å². The number of nitrogens with one attached hydrogen (secondary N) is 3. The van der Waals surface area contributed by atoms with Gasteiger partial charge < -0.3 is 10.1 Å². The number of amides is 1. The molecule has 0 bridgehead atoms. The zero-order valence-electron chi connectivity index (χ0n) is 15.7. The lowest BCUT2D eigenvalue weighted by Gasteiger charge is -2.15. The molecule has 0 spiro atoms. The summed E-state index contributed by atoms with van der Waals surface area (Å²) < 4.78 is 71.2. The van der Waals surface area contributed by atoms with Crippen molar-refractivity contribution < 1.29 is 31.1 Å². The minimum Gasteiger partial charge on any atom is -0.495 e. The maximum absolute atomic E-state index is 12.9. The molecular weight excluding hydrogens is 423 g/mol. The number of carbonyl (C=O) groups is 1. The van der Waals surface area contributed by atoms with Gasteiger partial charge in [-0.1, -0.05) is 18.2 Å². The van der Waals surface area contributed by atoms with E-state index in [-0.39, 0.29) is 22.2 Å². The van der Waals surface area contributed by atoms with Crippen LogP contribution in [0.3, 0.4) is 0 Å². The van der Waals surface area contributed by atoms with Crippen molar-refractivity contribution >= 4 is 27.3 Å². The first kappa shape index (κ1) is 21.7. The van der Waals surface area contributed by atoms with Crippen LogP contribution in [0.2, 0.25) is 0 Å². The third kappa shape index (κ3) is 4.92. The molecule has 3 rings (SSSR count). The highest BCUT2D eigenvalue weighted by Gasteiger charge is 2.31. The predicted molar refractivity (Wildman–Crippen MR) is 105 cm³/mol. The number of carbonyl (C=O) groups excluding carboxylic acids is 1. The second-order valence-corrected chi connectivity index (χ2v) is 8.00. The van der Waals surface area contributed by atoms with Crippen LogP contribution >= 0.6 is 0 Å². The Morgan fingerprint density at radius 2 is 1.93 bits per heavy atom. The number of hydrogen-bond donors (Lipinski definition) is 3. The van der Waals surface area contributed by atoms with Crippen LogP contribution in [0.4, 0.5) is 24.5 Å². The lowest BCUT2D eigenvalue weighted by Crippen LogP contribution is -2.35. The molecule has 2 aromatic rings. The Bertz CT molecular complexity index is 1080. The Morgan fingerprint density at radius 3 is 2.57 bits per heavy atom. The molecule has 11 heteroatoms. The fourth-order valence-electron chi connectivity index (χ4n) is 2.80. The SMILES string of the molecule is COc1cc(NC(=O)[C@@H]2C=CCN2)ccc1S(=O)(=O)Nc1cccc(C(F)(F)F)c1. The number of anilines is 2. The number of rotatable bonds is 6. The van der Waals surface area contributed by atoms with Crippen molar-refractivity contribution in [2.45, 2.75) is 17.1 Å². The van der Waals surface area contributed by atoms with Gasteiger partial charge in [-0.05, 0) is 30.3 Å². The molecule has 160 valence electrons. The van der Waals surface area contributed by atoms with E-state index >= 15 is 0 Å². The summed E-state index contributed by atoms with van der Waals surface area (Å²) in [5, 5.41) is 5.58. The molecule has 1 amide bonds. The average Bonchev–Trinajstić information content (AvgIpc) is 3.22. The van der Waals surface area contributed by atoms with Crippen molar-refractivity contribution in [2.75, 3.05) is 23.7 Å². The molecule has 0 aliphatic carbocycles. The molecule has 0 radical (unpaired) electrons. The van der Waals surface area contributed by atoms with E-state index in [0.29, 0.717) is 18.3 Å². The number of alkyl halides is 3. The highest BCUT2D eigenvalue weighted by atomic mass is 32.2. The lowest BCUT2D eigenvalue weighted by molar-refractivity contribution is -0.137. The fourth-order valence-corrected chi connectivity index (χ4v) is 4.01. The highest BCUT2D eigenvalue weighted by Crippen LogP contribution is 2.32. The van der Waals surface area contributed by atoms with Gasteiger partial charge in [0.2, 0.25) is 5.91 Å². The molecule has 0 saturated heterocycles. The van der Waals surface area contributed by atoms with E-state index in [4.69, 9.17) is 4.74 Å². The Balaban J connectivity index is 1.83. The molecule has 0 aromatic heterocycles. The van der Waals surface area contributed by atoms with E-state index in [2.05, 4.69) is 15.4 Å². The Morgan fingerprint density at radius 1 is 1.17 bits per heavy atom. The summed E-state index contributed by atoms with van der Waals surface area (Å²) in [7, 11) is -3.02. The molecular formula is C19H18F3N3O4S. The first-order valence-electron chi connectivity index (χ1n) is 8.69. The summed E-state index contributed by atoms with van der Waals surface area (Å²) in [5.74, 6) is -0.411. The average molecular weight is 441 g/mol. The van der Waals surface area contributed by atoms with Crippen LogP contribution in [-0.2, 0) is 21.0 Å². The molecule has 1 aliphatic rings. The van der Waals surface area contributed by atoms with Gasteiger partial charge in [0.25, 0.3) is 10.0 Å². The molecule has 0 fully saturated rings. The minimum absolute atomic E-state index is 0.0813. The summed E-state index contributed by atoms with van der Waals surface area (Å²) in [6.07, 6.45) is -1.10. The van der Waals surface area contributed by atoms with E-state index in [1.54, 1.807) is 12.2 Å². The van der Waals surface area contributed by atoms with Gasteiger partial charge in [0.1, 0.15) is 16.7 Å². The monoisotopic (exact) mass is 441 g/mol. The third-order valence-corrected chi connectivity index (χ3v) is 5.65. The summed E-state index contributed by atoms with van der Waals surface area (Å²) in [4.78, 5) is 11.9. The van der Waals surface area contributed by atoms with Crippen molar-refractivity contribution in [3.8, 4) is 5.75 Å². The molecule has 7 nitrogen and oxygen atoms in total. The van der Waals surface area contributed by atoms with Crippen LogP contribution in [0.25, 0.3) is 0 Å². The maximum Gasteiger partial charge on any atom is 0.416 e. The van der Waals surface area contributed by atoms with Crippen LogP contribution in [0.15, 0.2) is 59.5 Å². The van der Waals surface area contributed by atoms with Crippen molar-refractivity contribution in [1.82, 2.24) is 5.32 Å². The standard InChI is InChI=1S/C19H18F3N3O4S/c1-29-16-11-13(24-18(26)15-6-3-9-23-15)7-8-17(16)30(27,28)25-14-5-2-4-12(10-14)19(20,21)22/h2-8,10-11,15,23,25H,9H2,1H3,(H,24,26)/t15-/m0/s1. The molecule has 3 N–H and O–H groups in total. The first-order chi connectivity index (χ1) is 14.1. The van der Waals surface area contributed by atoms with Crippen molar-refractivity contribution in [1.29, 1.82) is 0 Å². The zero-order valence-corrected chi connectivity index (χ0v) is 16.5. The highest BCUT2D eigenvalue weighted by molar-refractivity contribution is 7.92. The number of ether oxygens (including phenoxy) is 1. The second-order valence-electron chi connectivity index (χ2n) is 6.35. The van der Waals surface area contributed by atoms with Crippen LogP contribution in [0.5, 0.6) is 5.75 Å². The van der Waals surface area contributed by atoms with Gasteiger partial charge in [0.15, 0.2) is 0 Å². The quantitative estimate of drug-likeness (QED) is 0.599. The third-order valence-electron chi connectivity index (χ3n) is 4.23. The Kier molecular flexibility index (Phi) is 6.04. The van der Waals surface area contributed by atoms with E-state index < -0.39 is 27.8 Å². The van der Waals surface area contributed by atoms with E-state index in [0.717, 1.165) is 12.1 Å².